The molecule has 1 unspecified atom stereocenters. The first-order chi connectivity index (χ1) is 6.95. The summed E-state index contributed by atoms with van der Waals surface area (Å²) < 4.78 is 0. The largest absolute Gasteiger partial charge is 0.311 e. The first-order valence-corrected chi connectivity index (χ1v) is 5.27. The maximum absolute atomic E-state index is 4.08. The average molecular weight is 261 g/mol. The fourth-order valence-corrected chi connectivity index (χ4v) is 1.74. The quantitative estimate of drug-likeness (QED) is 0.884. The van der Waals surface area contributed by atoms with Crippen molar-refractivity contribution >= 4 is 30.9 Å². The van der Waals surface area contributed by atoms with E-state index in [1.165, 1.54) is 24.8 Å². The lowest BCUT2D eigenvalue weighted by molar-refractivity contribution is 0.455. The molecule has 1 aromatic rings. The van der Waals surface area contributed by atoms with Gasteiger partial charge >= 0.3 is 0 Å². The van der Waals surface area contributed by atoms with E-state index >= 15 is 0 Å². The van der Waals surface area contributed by atoms with E-state index in [0.717, 1.165) is 6.54 Å². The van der Waals surface area contributed by atoms with Crippen molar-refractivity contribution < 1.29 is 0 Å². The van der Waals surface area contributed by atoms with Gasteiger partial charge in [0.25, 0.3) is 0 Å². The fraction of sp³-hybridized carbons (Fsp3) is 0.417. The van der Waals surface area contributed by atoms with Crippen molar-refractivity contribution in [2.45, 2.75) is 25.3 Å². The Bertz CT molecular complexity index is 295. The molecule has 0 spiro atoms. The maximum Gasteiger partial charge on any atom is 0.0340 e. The zero-order chi connectivity index (χ0) is 9.64. The van der Waals surface area contributed by atoms with Crippen LogP contribution in [0.5, 0.6) is 0 Å². The molecule has 4 heteroatoms. The number of hydrogen-bond acceptors (Lipinski definition) is 2. The van der Waals surface area contributed by atoms with Crippen molar-refractivity contribution in [2.75, 3.05) is 6.54 Å². The lowest BCUT2D eigenvalue weighted by Crippen LogP contribution is -2.31. The zero-order valence-corrected chi connectivity index (χ0v) is 10.8. The van der Waals surface area contributed by atoms with Crippen LogP contribution in [0.15, 0.2) is 30.6 Å². The van der Waals surface area contributed by atoms with Crippen LogP contribution in [0.1, 0.15) is 24.8 Å². The number of halogens is 2. The third-order valence-electron chi connectivity index (χ3n) is 2.55. The molecule has 1 N–H and O–H groups in total. The third kappa shape index (κ3) is 4.97. The molecule has 2 rings (SSSR count). The molecule has 0 saturated carbocycles. The molecule has 1 aliphatic rings. The highest BCUT2D eigenvalue weighted by molar-refractivity contribution is 5.85. The van der Waals surface area contributed by atoms with Gasteiger partial charge in [0, 0.05) is 18.4 Å². The number of aromatic nitrogens is 1. The van der Waals surface area contributed by atoms with Gasteiger partial charge in [0.05, 0.1) is 0 Å². The summed E-state index contributed by atoms with van der Waals surface area (Å²) in [4.78, 5) is 4.08. The monoisotopic (exact) mass is 260 g/mol. The summed E-state index contributed by atoms with van der Waals surface area (Å²) in [5, 5.41) is 3.48. The average Bonchev–Trinajstić information content (AvgIpc) is 2.29. The predicted molar refractivity (Wildman–Crippen MR) is 73.4 cm³/mol. The molecule has 1 saturated heterocycles. The van der Waals surface area contributed by atoms with Gasteiger partial charge in [-0.1, -0.05) is 24.6 Å². The molecule has 1 aliphatic heterocycles. The molecule has 0 bridgehead atoms. The van der Waals surface area contributed by atoms with Gasteiger partial charge in [-0.2, -0.15) is 0 Å². The topological polar surface area (TPSA) is 24.9 Å². The van der Waals surface area contributed by atoms with Crippen molar-refractivity contribution in [1.82, 2.24) is 10.3 Å². The van der Waals surface area contributed by atoms with Crippen LogP contribution in [0.25, 0.3) is 6.08 Å². The van der Waals surface area contributed by atoms with E-state index in [4.69, 9.17) is 0 Å². The summed E-state index contributed by atoms with van der Waals surface area (Å²) in [6.07, 6.45) is 12.0. The molecule has 90 valence electrons. The first kappa shape index (κ1) is 15.4. The van der Waals surface area contributed by atoms with E-state index in [-0.39, 0.29) is 24.8 Å². The second kappa shape index (κ2) is 8.57. The van der Waals surface area contributed by atoms with Crippen LogP contribution in [-0.2, 0) is 0 Å². The van der Waals surface area contributed by atoms with Gasteiger partial charge in [0.2, 0.25) is 0 Å². The lowest BCUT2D eigenvalue weighted by Gasteiger charge is -2.19. The van der Waals surface area contributed by atoms with Crippen LogP contribution in [-0.4, -0.2) is 17.6 Å². The van der Waals surface area contributed by atoms with Crippen LogP contribution in [0, 0.1) is 0 Å². The minimum atomic E-state index is 0. The van der Waals surface area contributed by atoms with Crippen LogP contribution in [0.4, 0.5) is 0 Å². The Morgan fingerprint density at radius 3 is 2.81 bits per heavy atom. The van der Waals surface area contributed by atoms with Gasteiger partial charge in [0.15, 0.2) is 0 Å². The fourth-order valence-electron chi connectivity index (χ4n) is 1.74. The highest BCUT2D eigenvalue weighted by Crippen LogP contribution is 2.09. The van der Waals surface area contributed by atoms with Gasteiger partial charge < -0.3 is 5.32 Å². The summed E-state index contributed by atoms with van der Waals surface area (Å²) in [6.45, 7) is 1.15. The zero-order valence-electron chi connectivity index (χ0n) is 9.13. The second-order valence-electron chi connectivity index (χ2n) is 3.70. The summed E-state index contributed by atoms with van der Waals surface area (Å²) in [7, 11) is 0. The van der Waals surface area contributed by atoms with E-state index in [9.17, 15) is 0 Å². The SMILES string of the molecule is C(=C\C1CCCCN1)/c1cccnc1.Cl.Cl. The smallest absolute Gasteiger partial charge is 0.0340 e. The van der Waals surface area contributed by atoms with E-state index in [1.807, 2.05) is 12.3 Å². The maximum atomic E-state index is 4.08. The lowest BCUT2D eigenvalue weighted by atomic mass is 10.0. The summed E-state index contributed by atoms with van der Waals surface area (Å²) in [5.41, 5.74) is 1.18. The van der Waals surface area contributed by atoms with Crippen LogP contribution >= 0.6 is 24.8 Å². The Hall–Kier alpha value is -0.570. The van der Waals surface area contributed by atoms with Gasteiger partial charge in [-0.25, -0.2) is 0 Å². The van der Waals surface area contributed by atoms with Crippen LogP contribution < -0.4 is 5.32 Å². The number of rotatable bonds is 2. The van der Waals surface area contributed by atoms with E-state index in [0.29, 0.717) is 6.04 Å². The Labute approximate surface area is 109 Å². The Morgan fingerprint density at radius 1 is 1.31 bits per heavy atom. The van der Waals surface area contributed by atoms with Crippen molar-refractivity contribution in [1.29, 1.82) is 0 Å². The van der Waals surface area contributed by atoms with Gasteiger partial charge in [-0.05, 0) is 31.0 Å². The summed E-state index contributed by atoms with van der Waals surface area (Å²) >= 11 is 0. The minimum Gasteiger partial charge on any atom is -0.311 e. The molecule has 0 amide bonds. The van der Waals surface area contributed by atoms with E-state index in [1.54, 1.807) is 6.20 Å². The van der Waals surface area contributed by atoms with Crippen molar-refractivity contribution in [2.24, 2.45) is 0 Å². The molecule has 1 aromatic heterocycles. The first-order valence-electron chi connectivity index (χ1n) is 5.27. The minimum absolute atomic E-state index is 0. The standard InChI is InChI=1S/C12H16N2.2ClH/c1-2-9-14-12(5-1)7-6-11-4-3-8-13-10-11;;/h3-4,6-8,10,12,14H,1-2,5,9H2;2*1H/b7-6+;;. The molecule has 0 radical (unpaired) electrons. The number of pyridine rings is 1. The second-order valence-corrected chi connectivity index (χ2v) is 3.70. The highest BCUT2D eigenvalue weighted by atomic mass is 35.5. The van der Waals surface area contributed by atoms with Crippen molar-refractivity contribution in [3.05, 3.63) is 36.2 Å². The Kier molecular flexibility index (Phi) is 8.26. The molecule has 2 heterocycles. The number of piperidine rings is 1. The van der Waals surface area contributed by atoms with Gasteiger partial charge in [-0.15, -0.1) is 24.8 Å². The predicted octanol–water partition coefficient (Wildman–Crippen LogP) is 3.08. The summed E-state index contributed by atoms with van der Waals surface area (Å²) in [5.74, 6) is 0. The van der Waals surface area contributed by atoms with E-state index < -0.39 is 0 Å². The summed E-state index contributed by atoms with van der Waals surface area (Å²) in [6, 6.07) is 4.60. The van der Waals surface area contributed by atoms with Gasteiger partial charge in [-0.3, -0.25) is 4.98 Å². The van der Waals surface area contributed by atoms with Crippen LogP contribution in [0.2, 0.25) is 0 Å². The molecular formula is C12H18Cl2N2. The molecule has 16 heavy (non-hydrogen) atoms. The van der Waals surface area contributed by atoms with Crippen molar-refractivity contribution in [3.8, 4) is 0 Å². The molecule has 0 aliphatic carbocycles. The van der Waals surface area contributed by atoms with Gasteiger partial charge in [0.1, 0.15) is 0 Å². The normalized spacial score (nSPS) is 19.9. The highest BCUT2D eigenvalue weighted by Gasteiger charge is 2.07. The van der Waals surface area contributed by atoms with E-state index in [2.05, 4.69) is 28.5 Å². The third-order valence-corrected chi connectivity index (χ3v) is 2.55. The molecule has 1 atom stereocenters. The molecular weight excluding hydrogens is 243 g/mol. The van der Waals surface area contributed by atoms with Crippen molar-refractivity contribution in [3.63, 3.8) is 0 Å². The number of nitrogens with zero attached hydrogens (tertiary/aromatic N) is 1. The molecule has 1 fully saturated rings. The Morgan fingerprint density at radius 2 is 2.19 bits per heavy atom. The number of nitrogens with one attached hydrogen (secondary N) is 1. The number of hydrogen-bond donors (Lipinski definition) is 1. The Balaban J connectivity index is 0.00000112. The molecule has 2 nitrogen and oxygen atoms in total. The van der Waals surface area contributed by atoms with Crippen LogP contribution in [0.3, 0.4) is 0 Å². The molecule has 0 aromatic carbocycles.